The number of benzene rings is 1. The van der Waals surface area contributed by atoms with E-state index in [1.54, 1.807) is 6.07 Å². The molecule has 1 aliphatic rings. The van der Waals surface area contributed by atoms with E-state index in [1.165, 1.54) is 0 Å². The van der Waals surface area contributed by atoms with Crippen LogP contribution in [0.25, 0.3) is 10.9 Å². The molecular formula is C18H23N3O2. The molecule has 4 N–H and O–H groups in total. The van der Waals surface area contributed by atoms with E-state index >= 15 is 0 Å². The average Bonchev–Trinajstić information content (AvgIpc) is 2.95. The van der Waals surface area contributed by atoms with Crippen molar-refractivity contribution < 1.29 is 4.79 Å². The highest BCUT2D eigenvalue weighted by Crippen LogP contribution is 2.25. The van der Waals surface area contributed by atoms with Crippen molar-refractivity contribution >= 4 is 16.8 Å². The van der Waals surface area contributed by atoms with Crippen LogP contribution >= 0.6 is 0 Å². The summed E-state index contributed by atoms with van der Waals surface area (Å²) in [4.78, 5) is 27.2. The Balaban J connectivity index is 1.84. The number of H-pyrrole nitrogens is 1. The number of carbonyl (C=O) groups excluding carboxylic acids is 1. The molecule has 0 bridgehead atoms. The van der Waals surface area contributed by atoms with Crippen LogP contribution in [0.15, 0.2) is 23.0 Å². The van der Waals surface area contributed by atoms with Crippen LogP contribution in [0.2, 0.25) is 0 Å². The molecule has 0 radical (unpaired) electrons. The molecule has 23 heavy (non-hydrogen) atoms. The van der Waals surface area contributed by atoms with Crippen LogP contribution in [0.4, 0.5) is 0 Å². The van der Waals surface area contributed by atoms with E-state index in [0.29, 0.717) is 6.54 Å². The molecular weight excluding hydrogens is 290 g/mol. The van der Waals surface area contributed by atoms with Gasteiger partial charge in [-0.05, 0) is 43.9 Å². The lowest BCUT2D eigenvalue weighted by Gasteiger charge is -2.18. The molecule has 0 saturated heterocycles. The van der Waals surface area contributed by atoms with E-state index in [9.17, 15) is 9.59 Å². The van der Waals surface area contributed by atoms with Gasteiger partial charge in [0.25, 0.3) is 0 Å². The van der Waals surface area contributed by atoms with Crippen LogP contribution in [0.1, 0.15) is 36.1 Å². The zero-order chi connectivity index (χ0) is 16.6. The SMILES string of the molecule is Cc1cc(C)c2[nH]c(CN[C@@H]3CCC[C@@H]3C(N)=O)cc(=O)c2c1. The van der Waals surface area contributed by atoms with E-state index in [1.807, 2.05) is 19.9 Å². The van der Waals surface area contributed by atoms with Gasteiger partial charge in [-0.3, -0.25) is 9.59 Å². The highest BCUT2D eigenvalue weighted by molar-refractivity contribution is 5.82. The zero-order valence-electron chi connectivity index (χ0n) is 13.6. The number of nitrogens with two attached hydrogens (primary N) is 1. The lowest BCUT2D eigenvalue weighted by atomic mass is 10.0. The molecule has 1 aliphatic carbocycles. The highest BCUT2D eigenvalue weighted by atomic mass is 16.1. The van der Waals surface area contributed by atoms with Gasteiger partial charge in [0.1, 0.15) is 0 Å². The number of amides is 1. The zero-order valence-corrected chi connectivity index (χ0v) is 13.6. The van der Waals surface area contributed by atoms with Gasteiger partial charge in [0.2, 0.25) is 5.91 Å². The topological polar surface area (TPSA) is 88.0 Å². The molecule has 2 atom stereocenters. The number of pyridine rings is 1. The first-order valence-electron chi connectivity index (χ1n) is 8.11. The number of aromatic nitrogens is 1. The summed E-state index contributed by atoms with van der Waals surface area (Å²) in [6, 6.07) is 5.72. The molecule has 0 unspecified atom stereocenters. The summed E-state index contributed by atoms with van der Waals surface area (Å²) >= 11 is 0. The highest BCUT2D eigenvalue weighted by Gasteiger charge is 2.30. The number of carbonyl (C=O) groups is 1. The van der Waals surface area contributed by atoms with Crippen molar-refractivity contribution in [3.8, 4) is 0 Å². The van der Waals surface area contributed by atoms with Gasteiger partial charge in [0.15, 0.2) is 5.43 Å². The molecule has 5 heteroatoms. The molecule has 1 heterocycles. The molecule has 1 saturated carbocycles. The van der Waals surface area contributed by atoms with Crippen molar-refractivity contribution in [3.63, 3.8) is 0 Å². The van der Waals surface area contributed by atoms with Gasteiger partial charge in [-0.1, -0.05) is 12.5 Å². The quantitative estimate of drug-likeness (QED) is 0.805. The minimum absolute atomic E-state index is 0.0280. The Hall–Kier alpha value is -2.14. The van der Waals surface area contributed by atoms with Crippen molar-refractivity contribution in [2.45, 2.75) is 45.7 Å². The van der Waals surface area contributed by atoms with Gasteiger partial charge < -0.3 is 16.0 Å². The lowest BCUT2D eigenvalue weighted by molar-refractivity contribution is -0.122. The number of nitrogens with one attached hydrogen (secondary N) is 2. The van der Waals surface area contributed by atoms with Gasteiger partial charge in [0, 0.05) is 29.7 Å². The molecule has 5 nitrogen and oxygen atoms in total. The van der Waals surface area contributed by atoms with Crippen LogP contribution in [0.3, 0.4) is 0 Å². The largest absolute Gasteiger partial charge is 0.369 e. The Kier molecular flexibility index (Phi) is 4.22. The predicted octanol–water partition coefficient (Wildman–Crippen LogP) is 1.89. The smallest absolute Gasteiger partial charge is 0.222 e. The molecule has 0 aliphatic heterocycles. The van der Waals surface area contributed by atoms with Crippen LogP contribution in [0, 0.1) is 19.8 Å². The Labute approximate surface area is 135 Å². The van der Waals surface area contributed by atoms with Crippen molar-refractivity contribution in [1.29, 1.82) is 0 Å². The summed E-state index contributed by atoms with van der Waals surface area (Å²) in [5.74, 6) is -0.343. The number of aromatic amines is 1. The second kappa shape index (κ2) is 6.16. The third kappa shape index (κ3) is 3.15. The Morgan fingerprint density at radius 1 is 1.30 bits per heavy atom. The Morgan fingerprint density at radius 2 is 2.09 bits per heavy atom. The van der Waals surface area contributed by atoms with Crippen LogP contribution in [0.5, 0.6) is 0 Å². The first kappa shape index (κ1) is 15.7. The van der Waals surface area contributed by atoms with Gasteiger partial charge in [-0.2, -0.15) is 0 Å². The Bertz CT molecular complexity index is 810. The number of rotatable bonds is 4. The minimum Gasteiger partial charge on any atom is -0.369 e. The summed E-state index contributed by atoms with van der Waals surface area (Å²) < 4.78 is 0. The standard InChI is InChI=1S/C18H23N3O2/c1-10-6-11(2)17-14(7-10)16(22)8-12(21-17)9-20-15-5-3-4-13(15)18(19)23/h6-8,13,15,20H,3-5,9H2,1-2H3,(H2,19,23)(H,21,22)/t13-,15+/m0/s1. The van der Waals surface area contributed by atoms with Gasteiger partial charge in [-0.15, -0.1) is 0 Å². The Morgan fingerprint density at radius 3 is 2.83 bits per heavy atom. The maximum absolute atomic E-state index is 12.4. The van der Waals surface area contributed by atoms with E-state index < -0.39 is 0 Å². The normalized spacial score (nSPS) is 21.0. The molecule has 0 spiro atoms. The van der Waals surface area contributed by atoms with Crippen molar-refractivity contribution in [3.05, 3.63) is 45.2 Å². The van der Waals surface area contributed by atoms with Crippen molar-refractivity contribution in [2.75, 3.05) is 0 Å². The molecule has 122 valence electrons. The number of aryl methyl sites for hydroxylation is 2. The summed E-state index contributed by atoms with van der Waals surface area (Å²) in [6.07, 6.45) is 2.81. The predicted molar refractivity (Wildman–Crippen MR) is 91.2 cm³/mol. The molecule has 1 aromatic heterocycles. The van der Waals surface area contributed by atoms with E-state index in [0.717, 1.165) is 47.0 Å². The summed E-state index contributed by atoms with van der Waals surface area (Å²) in [7, 11) is 0. The second-order valence-corrected chi connectivity index (χ2v) is 6.59. The summed E-state index contributed by atoms with van der Waals surface area (Å²) in [5.41, 5.74) is 9.35. The fourth-order valence-electron chi connectivity index (χ4n) is 3.64. The van der Waals surface area contributed by atoms with Crippen molar-refractivity contribution in [2.24, 2.45) is 11.7 Å². The first-order valence-corrected chi connectivity index (χ1v) is 8.11. The molecule has 1 fully saturated rings. The summed E-state index contributed by atoms with van der Waals surface area (Å²) in [6.45, 7) is 4.53. The van der Waals surface area contributed by atoms with E-state index in [4.69, 9.17) is 5.73 Å². The van der Waals surface area contributed by atoms with Crippen LogP contribution < -0.4 is 16.5 Å². The maximum atomic E-state index is 12.4. The lowest BCUT2D eigenvalue weighted by Crippen LogP contribution is -2.39. The van der Waals surface area contributed by atoms with Gasteiger partial charge in [-0.25, -0.2) is 0 Å². The third-order valence-electron chi connectivity index (χ3n) is 4.77. The molecule has 2 aromatic rings. The fraction of sp³-hybridized carbons (Fsp3) is 0.444. The number of primary amides is 1. The number of hydrogen-bond donors (Lipinski definition) is 3. The first-order chi connectivity index (χ1) is 11.0. The molecule has 1 aromatic carbocycles. The maximum Gasteiger partial charge on any atom is 0.222 e. The number of fused-ring (bicyclic) bond motifs is 1. The van der Waals surface area contributed by atoms with Gasteiger partial charge in [0.05, 0.1) is 11.4 Å². The fourth-order valence-corrected chi connectivity index (χ4v) is 3.64. The molecule has 1 amide bonds. The van der Waals surface area contributed by atoms with Crippen molar-refractivity contribution in [1.82, 2.24) is 10.3 Å². The number of hydrogen-bond acceptors (Lipinski definition) is 3. The average molecular weight is 313 g/mol. The minimum atomic E-state index is -0.238. The summed E-state index contributed by atoms with van der Waals surface area (Å²) in [5, 5.41) is 4.11. The second-order valence-electron chi connectivity index (χ2n) is 6.59. The van der Waals surface area contributed by atoms with E-state index in [2.05, 4.69) is 16.4 Å². The molecule has 3 rings (SSSR count). The van der Waals surface area contributed by atoms with Crippen LogP contribution in [-0.2, 0) is 11.3 Å². The van der Waals surface area contributed by atoms with E-state index in [-0.39, 0.29) is 23.3 Å². The third-order valence-corrected chi connectivity index (χ3v) is 4.77. The van der Waals surface area contributed by atoms with Crippen LogP contribution in [-0.4, -0.2) is 16.9 Å². The monoisotopic (exact) mass is 313 g/mol. The van der Waals surface area contributed by atoms with Gasteiger partial charge >= 0.3 is 0 Å².